The minimum absolute atomic E-state index is 0.163. The molecule has 0 saturated heterocycles. The number of rotatable bonds is 6. The number of benzene rings is 1. The molecule has 0 fully saturated rings. The fraction of sp³-hybridized carbons (Fsp3) is 0.438. The molecule has 108 valence electrons. The molecule has 0 aliphatic carbocycles. The maximum absolute atomic E-state index is 5.83. The van der Waals surface area contributed by atoms with E-state index in [2.05, 4.69) is 30.5 Å². The summed E-state index contributed by atoms with van der Waals surface area (Å²) in [6.07, 6.45) is 4.15. The van der Waals surface area contributed by atoms with Gasteiger partial charge in [0.2, 0.25) is 0 Å². The zero-order valence-electron chi connectivity index (χ0n) is 12.6. The van der Waals surface area contributed by atoms with Crippen LogP contribution in [0.1, 0.15) is 39.3 Å². The zero-order valence-corrected chi connectivity index (χ0v) is 12.6. The van der Waals surface area contributed by atoms with Crippen molar-refractivity contribution in [3.63, 3.8) is 0 Å². The van der Waals surface area contributed by atoms with Crippen molar-refractivity contribution in [3.05, 3.63) is 42.2 Å². The van der Waals surface area contributed by atoms with Gasteiger partial charge in [-0.3, -0.25) is 4.68 Å². The van der Waals surface area contributed by atoms with Gasteiger partial charge in [-0.2, -0.15) is 5.10 Å². The van der Waals surface area contributed by atoms with Crippen LogP contribution in [0.25, 0.3) is 0 Å². The summed E-state index contributed by atoms with van der Waals surface area (Å²) in [7, 11) is 0. The molecule has 0 amide bonds. The molecular weight excluding hydrogens is 250 g/mol. The molecule has 0 saturated carbocycles. The average molecular weight is 273 g/mol. The second-order valence-corrected chi connectivity index (χ2v) is 5.16. The lowest BCUT2D eigenvalue weighted by molar-refractivity contribution is 0.243. The molecule has 0 spiro atoms. The normalized spacial score (nSPS) is 12.4. The van der Waals surface area contributed by atoms with Crippen LogP contribution >= 0.6 is 0 Å². The van der Waals surface area contributed by atoms with Crippen LogP contribution in [0.4, 0.5) is 5.69 Å². The van der Waals surface area contributed by atoms with Gasteiger partial charge in [0.25, 0.3) is 0 Å². The number of nitrogens with zero attached hydrogens (tertiary/aromatic N) is 2. The van der Waals surface area contributed by atoms with Gasteiger partial charge in [-0.15, -0.1) is 0 Å². The first-order chi connectivity index (χ1) is 9.60. The van der Waals surface area contributed by atoms with Crippen LogP contribution in [-0.2, 0) is 6.54 Å². The molecule has 1 unspecified atom stereocenters. The van der Waals surface area contributed by atoms with Gasteiger partial charge in [-0.1, -0.05) is 12.1 Å². The van der Waals surface area contributed by atoms with Crippen molar-refractivity contribution >= 4 is 5.69 Å². The van der Waals surface area contributed by atoms with Crippen molar-refractivity contribution in [3.8, 4) is 5.75 Å². The summed E-state index contributed by atoms with van der Waals surface area (Å²) in [6, 6.07) is 8.22. The smallest absolute Gasteiger partial charge is 0.142 e. The molecule has 0 radical (unpaired) electrons. The zero-order chi connectivity index (χ0) is 14.5. The lowest BCUT2D eigenvalue weighted by Gasteiger charge is -2.18. The Morgan fingerprint density at radius 3 is 2.65 bits per heavy atom. The van der Waals surface area contributed by atoms with Gasteiger partial charge >= 0.3 is 0 Å². The molecule has 1 aromatic carbocycles. The van der Waals surface area contributed by atoms with E-state index in [4.69, 9.17) is 4.74 Å². The predicted molar refractivity (Wildman–Crippen MR) is 82.1 cm³/mol. The van der Waals surface area contributed by atoms with Crippen molar-refractivity contribution in [2.75, 3.05) is 5.32 Å². The van der Waals surface area contributed by atoms with Crippen molar-refractivity contribution in [2.45, 2.75) is 46.4 Å². The second kappa shape index (κ2) is 6.46. The van der Waals surface area contributed by atoms with E-state index in [1.54, 1.807) is 0 Å². The summed E-state index contributed by atoms with van der Waals surface area (Å²) in [4.78, 5) is 0. The number of anilines is 1. The Labute approximate surface area is 120 Å². The first-order valence-electron chi connectivity index (χ1n) is 7.14. The maximum atomic E-state index is 5.83. The molecule has 0 bridgehead atoms. The van der Waals surface area contributed by atoms with Crippen molar-refractivity contribution in [2.24, 2.45) is 0 Å². The molecule has 1 N–H and O–H groups in total. The summed E-state index contributed by atoms with van der Waals surface area (Å²) in [5, 5.41) is 7.80. The largest absolute Gasteiger partial charge is 0.489 e. The number of hydrogen-bond donors (Lipinski definition) is 1. The van der Waals surface area contributed by atoms with Gasteiger partial charge in [-0.25, -0.2) is 0 Å². The van der Waals surface area contributed by atoms with E-state index in [1.807, 2.05) is 49.0 Å². The summed E-state index contributed by atoms with van der Waals surface area (Å²) >= 11 is 0. The molecule has 0 aliphatic heterocycles. The van der Waals surface area contributed by atoms with Crippen LogP contribution in [-0.4, -0.2) is 15.9 Å². The first kappa shape index (κ1) is 14.4. The standard InChI is InChI=1S/C16H23N3O/c1-5-19-11-14(10-17-19)13(4)18-15-8-6-7-9-16(15)20-12(2)3/h6-13,18H,5H2,1-4H3. The Kier molecular flexibility index (Phi) is 4.66. The van der Waals surface area contributed by atoms with Gasteiger partial charge < -0.3 is 10.1 Å². The highest BCUT2D eigenvalue weighted by Crippen LogP contribution is 2.28. The summed E-state index contributed by atoms with van der Waals surface area (Å²) < 4.78 is 7.76. The van der Waals surface area contributed by atoms with Gasteiger partial charge in [0.15, 0.2) is 0 Å². The Bertz CT molecular complexity index is 548. The molecular formula is C16H23N3O. The number of aryl methyl sites for hydroxylation is 1. The number of nitrogens with one attached hydrogen (secondary N) is 1. The van der Waals surface area contributed by atoms with E-state index in [0.717, 1.165) is 18.0 Å². The number of hydrogen-bond acceptors (Lipinski definition) is 3. The Hall–Kier alpha value is -1.97. The molecule has 2 aromatic rings. The van der Waals surface area contributed by atoms with E-state index in [1.165, 1.54) is 5.56 Å². The third-order valence-electron chi connectivity index (χ3n) is 3.10. The van der Waals surface area contributed by atoms with Crippen LogP contribution in [0.5, 0.6) is 5.75 Å². The third kappa shape index (κ3) is 3.53. The number of aromatic nitrogens is 2. The van der Waals surface area contributed by atoms with Crippen molar-refractivity contribution in [1.82, 2.24) is 9.78 Å². The molecule has 20 heavy (non-hydrogen) atoms. The summed E-state index contributed by atoms with van der Waals surface area (Å²) in [6.45, 7) is 9.17. The first-order valence-corrected chi connectivity index (χ1v) is 7.14. The van der Waals surface area contributed by atoms with E-state index in [-0.39, 0.29) is 12.1 Å². The maximum Gasteiger partial charge on any atom is 0.142 e. The van der Waals surface area contributed by atoms with Crippen molar-refractivity contribution < 1.29 is 4.74 Å². The van der Waals surface area contributed by atoms with Crippen LogP contribution < -0.4 is 10.1 Å². The average Bonchev–Trinajstić information content (AvgIpc) is 2.89. The van der Waals surface area contributed by atoms with Gasteiger partial charge in [0.05, 0.1) is 24.0 Å². The van der Waals surface area contributed by atoms with Gasteiger partial charge in [0.1, 0.15) is 5.75 Å². The molecule has 2 rings (SSSR count). The molecule has 1 aromatic heterocycles. The highest BCUT2D eigenvalue weighted by Gasteiger charge is 2.11. The number of ether oxygens (including phenoxy) is 1. The van der Waals surface area contributed by atoms with Crippen LogP contribution in [0.15, 0.2) is 36.7 Å². The van der Waals surface area contributed by atoms with E-state index in [0.29, 0.717) is 0 Å². The molecule has 1 heterocycles. The van der Waals surface area contributed by atoms with Crippen molar-refractivity contribution in [1.29, 1.82) is 0 Å². The molecule has 0 aliphatic rings. The van der Waals surface area contributed by atoms with Crippen LogP contribution in [0.3, 0.4) is 0 Å². The lowest BCUT2D eigenvalue weighted by atomic mass is 10.1. The van der Waals surface area contributed by atoms with Crippen LogP contribution in [0.2, 0.25) is 0 Å². The fourth-order valence-corrected chi connectivity index (χ4v) is 2.04. The second-order valence-electron chi connectivity index (χ2n) is 5.16. The van der Waals surface area contributed by atoms with E-state index < -0.39 is 0 Å². The van der Waals surface area contributed by atoms with Gasteiger partial charge in [0, 0.05) is 18.3 Å². The lowest BCUT2D eigenvalue weighted by Crippen LogP contribution is -2.10. The van der Waals surface area contributed by atoms with E-state index in [9.17, 15) is 0 Å². The summed E-state index contributed by atoms with van der Waals surface area (Å²) in [5.74, 6) is 0.886. The SMILES string of the molecule is CCn1cc(C(C)Nc2ccccc2OC(C)C)cn1. The monoisotopic (exact) mass is 273 g/mol. The Morgan fingerprint density at radius 2 is 2.00 bits per heavy atom. The Morgan fingerprint density at radius 1 is 1.25 bits per heavy atom. The topological polar surface area (TPSA) is 39.1 Å². The van der Waals surface area contributed by atoms with Gasteiger partial charge in [-0.05, 0) is 39.8 Å². The fourth-order valence-electron chi connectivity index (χ4n) is 2.04. The third-order valence-corrected chi connectivity index (χ3v) is 3.10. The highest BCUT2D eigenvalue weighted by atomic mass is 16.5. The van der Waals surface area contributed by atoms with Crippen LogP contribution in [0, 0.1) is 0 Å². The highest BCUT2D eigenvalue weighted by molar-refractivity contribution is 5.57. The molecule has 1 atom stereocenters. The predicted octanol–water partition coefficient (Wildman–Crippen LogP) is 3.86. The summed E-state index contributed by atoms with van der Waals surface area (Å²) in [5.41, 5.74) is 2.18. The quantitative estimate of drug-likeness (QED) is 0.868. The minimum atomic E-state index is 0.163. The van der Waals surface area contributed by atoms with E-state index >= 15 is 0 Å². The minimum Gasteiger partial charge on any atom is -0.489 e. The number of para-hydroxylation sites is 2. The Balaban J connectivity index is 2.12. The molecule has 4 nitrogen and oxygen atoms in total. The molecule has 4 heteroatoms.